The van der Waals surface area contributed by atoms with Gasteiger partial charge in [-0.25, -0.2) is 19.5 Å². The molecule has 11 nitrogen and oxygen atoms in total. The number of hydrogen-bond acceptors (Lipinski definition) is 8. The van der Waals surface area contributed by atoms with Gasteiger partial charge in [0.2, 0.25) is 5.95 Å². The molecule has 5 rings (SSSR count). The van der Waals surface area contributed by atoms with Crippen molar-refractivity contribution >= 4 is 51.5 Å². The van der Waals surface area contributed by atoms with Gasteiger partial charge in [0.1, 0.15) is 27.6 Å². The Morgan fingerprint density at radius 3 is 2.56 bits per heavy atom. The summed E-state index contributed by atoms with van der Waals surface area (Å²) in [4.78, 5) is 30.7. The molecule has 0 saturated carbocycles. The fourth-order valence-electron chi connectivity index (χ4n) is 3.96. The SMILES string of the molecule is CCn1c(C(C)(C)C)ncc(Nc2nc3ncc(Oc4cnn5ccnc(Cl)c45)c(Cl)c3n2C)c1=O. The highest BCUT2D eigenvalue weighted by Gasteiger charge is 2.23. The van der Waals surface area contributed by atoms with E-state index >= 15 is 0 Å². The first-order chi connectivity index (χ1) is 17.1. The molecule has 0 bridgehead atoms. The highest BCUT2D eigenvalue weighted by Crippen LogP contribution is 2.37. The maximum absolute atomic E-state index is 13.2. The number of hydrogen-bond donors (Lipinski definition) is 1. The Labute approximate surface area is 215 Å². The molecule has 0 aromatic carbocycles. The Kier molecular flexibility index (Phi) is 5.84. The predicted octanol–water partition coefficient (Wildman–Crippen LogP) is 4.73. The molecule has 0 saturated heterocycles. The molecule has 36 heavy (non-hydrogen) atoms. The van der Waals surface area contributed by atoms with Crippen LogP contribution in [0.15, 0.2) is 35.8 Å². The van der Waals surface area contributed by atoms with Gasteiger partial charge < -0.3 is 14.6 Å². The monoisotopic (exact) mass is 527 g/mol. The summed E-state index contributed by atoms with van der Waals surface area (Å²) < 4.78 is 10.9. The summed E-state index contributed by atoms with van der Waals surface area (Å²) in [5, 5.41) is 7.83. The van der Waals surface area contributed by atoms with Crippen molar-refractivity contribution in [3.8, 4) is 11.5 Å². The normalized spacial score (nSPS) is 12.0. The van der Waals surface area contributed by atoms with Crippen molar-refractivity contribution in [2.24, 2.45) is 7.05 Å². The molecule has 0 aliphatic rings. The molecule has 0 atom stereocenters. The third-order valence-electron chi connectivity index (χ3n) is 5.66. The number of nitrogens with one attached hydrogen (secondary N) is 1. The van der Waals surface area contributed by atoms with Gasteiger partial charge in [0.05, 0.1) is 18.6 Å². The van der Waals surface area contributed by atoms with Crippen LogP contribution in [-0.2, 0) is 19.0 Å². The minimum Gasteiger partial charge on any atom is -0.450 e. The average Bonchev–Trinajstić information content (AvgIpc) is 3.38. The molecule has 1 N–H and O–H groups in total. The number of nitrogens with zero attached hydrogens (tertiary/aromatic N) is 8. The summed E-state index contributed by atoms with van der Waals surface area (Å²) in [7, 11) is 1.76. The molecule has 5 heterocycles. The van der Waals surface area contributed by atoms with E-state index in [0.29, 0.717) is 46.4 Å². The number of aromatic nitrogens is 8. The lowest BCUT2D eigenvalue weighted by Gasteiger charge is -2.22. The van der Waals surface area contributed by atoms with E-state index in [0.717, 1.165) is 0 Å². The lowest BCUT2D eigenvalue weighted by Crippen LogP contribution is -2.32. The fourth-order valence-corrected chi connectivity index (χ4v) is 4.49. The second-order valence-corrected chi connectivity index (χ2v) is 9.88. The molecular formula is C23H23Cl2N9O2. The van der Waals surface area contributed by atoms with Crippen molar-refractivity contribution in [2.45, 2.75) is 39.7 Å². The van der Waals surface area contributed by atoms with Crippen LogP contribution in [0.2, 0.25) is 10.2 Å². The average molecular weight is 528 g/mol. The highest BCUT2D eigenvalue weighted by molar-refractivity contribution is 6.36. The van der Waals surface area contributed by atoms with E-state index in [1.54, 1.807) is 33.1 Å². The Morgan fingerprint density at radius 1 is 1.06 bits per heavy atom. The first kappa shape index (κ1) is 24.0. The van der Waals surface area contributed by atoms with E-state index in [9.17, 15) is 4.79 Å². The van der Waals surface area contributed by atoms with E-state index < -0.39 is 0 Å². The zero-order valence-electron chi connectivity index (χ0n) is 20.2. The lowest BCUT2D eigenvalue weighted by molar-refractivity contribution is 0.486. The molecule has 0 unspecified atom stereocenters. The quantitative estimate of drug-likeness (QED) is 0.348. The molecule has 5 aromatic rings. The van der Waals surface area contributed by atoms with Gasteiger partial charge in [-0.3, -0.25) is 9.36 Å². The number of halogens is 2. The fraction of sp³-hybridized carbons (Fsp3) is 0.304. The van der Waals surface area contributed by atoms with Crippen LogP contribution in [0.1, 0.15) is 33.5 Å². The number of rotatable bonds is 5. The summed E-state index contributed by atoms with van der Waals surface area (Å²) in [6.07, 6.45) is 7.72. The third kappa shape index (κ3) is 3.94. The highest BCUT2D eigenvalue weighted by atomic mass is 35.5. The Bertz CT molecular complexity index is 1680. The third-order valence-corrected chi connectivity index (χ3v) is 6.30. The van der Waals surface area contributed by atoms with Gasteiger partial charge in [-0.05, 0) is 6.92 Å². The van der Waals surface area contributed by atoms with E-state index in [2.05, 4.69) is 30.4 Å². The summed E-state index contributed by atoms with van der Waals surface area (Å²) in [5.41, 5.74) is 1.23. The molecule has 0 fully saturated rings. The summed E-state index contributed by atoms with van der Waals surface area (Å²) in [5.74, 6) is 1.75. The van der Waals surface area contributed by atoms with Crippen LogP contribution in [0, 0.1) is 0 Å². The van der Waals surface area contributed by atoms with Crippen LogP contribution in [0.3, 0.4) is 0 Å². The largest absolute Gasteiger partial charge is 0.450 e. The van der Waals surface area contributed by atoms with Gasteiger partial charge in [0.15, 0.2) is 22.3 Å². The van der Waals surface area contributed by atoms with Gasteiger partial charge in [-0.2, -0.15) is 10.1 Å². The summed E-state index contributed by atoms with van der Waals surface area (Å²) >= 11 is 12.9. The zero-order chi connectivity index (χ0) is 25.8. The van der Waals surface area contributed by atoms with E-state index in [-0.39, 0.29) is 26.9 Å². The smallest absolute Gasteiger partial charge is 0.277 e. The first-order valence-corrected chi connectivity index (χ1v) is 11.9. The number of ether oxygens (including phenoxy) is 1. The van der Waals surface area contributed by atoms with Crippen molar-refractivity contribution < 1.29 is 4.74 Å². The van der Waals surface area contributed by atoms with E-state index in [1.807, 2.05) is 27.7 Å². The van der Waals surface area contributed by atoms with Crippen LogP contribution in [0.5, 0.6) is 11.5 Å². The van der Waals surface area contributed by atoms with Gasteiger partial charge in [-0.1, -0.05) is 44.0 Å². The first-order valence-electron chi connectivity index (χ1n) is 11.1. The summed E-state index contributed by atoms with van der Waals surface area (Å²) in [6.45, 7) is 8.46. The zero-order valence-corrected chi connectivity index (χ0v) is 21.8. The van der Waals surface area contributed by atoms with Crippen LogP contribution in [0.4, 0.5) is 11.6 Å². The molecule has 13 heteroatoms. The molecule has 186 valence electrons. The molecule has 5 aromatic heterocycles. The van der Waals surface area contributed by atoms with Crippen LogP contribution in [0.25, 0.3) is 16.7 Å². The Balaban J connectivity index is 1.53. The number of aryl methyl sites for hydroxylation is 1. The molecular weight excluding hydrogens is 505 g/mol. The standard InChI is InChI=1S/C23H23Cl2N9O2/c1-6-33-20(35)12(9-28-21(33)23(2,3)4)30-22-31-19-17(32(22)5)15(24)13(10-27-19)36-14-11-29-34-8-7-26-18(25)16(14)34/h7-11H,6H2,1-5H3,(H,27,30,31). The predicted molar refractivity (Wildman–Crippen MR) is 138 cm³/mol. The molecule has 0 amide bonds. The number of pyridine rings is 1. The van der Waals surface area contributed by atoms with Crippen molar-refractivity contribution in [1.82, 2.24) is 38.7 Å². The minimum absolute atomic E-state index is 0.189. The minimum atomic E-state index is -0.277. The van der Waals surface area contributed by atoms with Crippen LogP contribution >= 0.6 is 23.2 Å². The molecule has 0 spiro atoms. The van der Waals surface area contributed by atoms with Crippen molar-refractivity contribution in [3.63, 3.8) is 0 Å². The maximum atomic E-state index is 13.2. The Hall–Kier alpha value is -3.70. The van der Waals surface area contributed by atoms with Gasteiger partial charge in [0.25, 0.3) is 5.56 Å². The maximum Gasteiger partial charge on any atom is 0.277 e. The number of imidazole rings is 1. The Morgan fingerprint density at radius 2 is 1.83 bits per heavy atom. The number of anilines is 2. The van der Waals surface area contributed by atoms with Crippen LogP contribution in [-0.4, -0.2) is 38.7 Å². The summed E-state index contributed by atoms with van der Waals surface area (Å²) in [6, 6.07) is 0. The second kappa shape index (κ2) is 8.75. The molecule has 0 radical (unpaired) electrons. The topological polar surface area (TPSA) is 117 Å². The van der Waals surface area contributed by atoms with Crippen molar-refractivity contribution in [1.29, 1.82) is 0 Å². The van der Waals surface area contributed by atoms with E-state index in [4.69, 9.17) is 27.9 Å². The van der Waals surface area contributed by atoms with Crippen LogP contribution < -0.4 is 15.6 Å². The van der Waals surface area contributed by atoms with Gasteiger partial charge >= 0.3 is 0 Å². The van der Waals surface area contributed by atoms with Gasteiger partial charge in [-0.15, -0.1) is 0 Å². The lowest BCUT2D eigenvalue weighted by atomic mass is 9.95. The van der Waals surface area contributed by atoms with Crippen molar-refractivity contribution in [3.05, 3.63) is 57.3 Å². The molecule has 0 aliphatic heterocycles. The van der Waals surface area contributed by atoms with Gasteiger partial charge in [0, 0.05) is 31.4 Å². The second-order valence-electron chi connectivity index (χ2n) is 9.15. The van der Waals surface area contributed by atoms with E-state index in [1.165, 1.54) is 18.6 Å². The van der Waals surface area contributed by atoms with Crippen molar-refractivity contribution in [2.75, 3.05) is 5.32 Å². The molecule has 0 aliphatic carbocycles. The number of fused-ring (bicyclic) bond motifs is 2.